The highest BCUT2D eigenvalue weighted by atomic mass is 35.5. The lowest BCUT2D eigenvalue weighted by Crippen LogP contribution is -2.49. The molecule has 0 bridgehead atoms. The molecule has 0 saturated carbocycles. The highest BCUT2D eigenvalue weighted by Gasteiger charge is 2.23. The molecular weight excluding hydrogens is 320 g/mol. The third-order valence-electron chi connectivity index (χ3n) is 4.55. The molecule has 3 nitrogen and oxygen atoms in total. The summed E-state index contributed by atoms with van der Waals surface area (Å²) in [4.78, 5) is 16.7. The smallest absolute Gasteiger partial charge is 0.227 e. The van der Waals surface area contributed by atoms with Crippen LogP contribution in [0.3, 0.4) is 0 Å². The van der Waals surface area contributed by atoms with Crippen LogP contribution in [0.1, 0.15) is 16.7 Å². The molecule has 24 heavy (non-hydrogen) atoms. The number of hydrogen-bond donors (Lipinski definition) is 0. The number of hydrogen-bond acceptors (Lipinski definition) is 2. The van der Waals surface area contributed by atoms with Gasteiger partial charge in [0.15, 0.2) is 0 Å². The number of carbonyl (C=O) groups is 1. The second kappa shape index (κ2) is 7.27. The van der Waals surface area contributed by atoms with Crippen molar-refractivity contribution in [1.82, 2.24) is 4.90 Å². The van der Waals surface area contributed by atoms with E-state index < -0.39 is 0 Å². The number of anilines is 1. The first-order chi connectivity index (χ1) is 11.5. The molecule has 1 aliphatic rings. The fraction of sp³-hybridized carbons (Fsp3) is 0.350. The van der Waals surface area contributed by atoms with E-state index in [1.807, 2.05) is 41.3 Å². The summed E-state index contributed by atoms with van der Waals surface area (Å²) in [5.74, 6) is 0.201. The van der Waals surface area contributed by atoms with Crippen LogP contribution in [-0.4, -0.2) is 37.0 Å². The quantitative estimate of drug-likeness (QED) is 0.846. The second-order valence-corrected chi connectivity index (χ2v) is 6.85. The van der Waals surface area contributed by atoms with Crippen molar-refractivity contribution in [2.24, 2.45) is 0 Å². The van der Waals surface area contributed by atoms with Crippen molar-refractivity contribution in [3.8, 4) is 0 Å². The Bertz CT molecular complexity index is 699. The molecule has 0 spiro atoms. The molecule has 126 valence electrons. The summed E-state index contributed by atoms with van der Waals surface area (Å²) in [6, 6.07) is 14.1. The first-order valence-electron chi connectivity index (χ1n) is 8.38. The van der Waals surface area contributed by atoms with Crippen LogP contribution >= 0.6 is 11.6 Å². The van der Waals surface area contributed by atoms with Crippen molar-refractivity contribution in [2.75, 3.05) is 31.1 Å². The second-order valence-electron chi connectivity index (χ2n) is 6.44. The summed E-state index contributed by atoms with van der Waals surface area (Å²) in [6.45, 7) is 7.29. The van der Waals surface area contributed by atoms with Gasteiger partial charge in [-0.1, -0.05) is 48.0 Å². The highest BCUT2D eigenvalue weighted by molar-refractivity contribution is 6.33. The number of halogens is 1. The molecule has 4 heteroatoms. The minimum atomic E-state index is 0.201. The van der Waals surface area contributed by atoms with Gasteiger partial charge >= 0.3 is 0 Å². The number of piperazine rings is 1. The van der Waals surface area contributed by atoms with Crippen LogP contribution in [-0.2, 0) is 11.2 Å². The van der Waals surface area contributed by atoms with E-state index in [1.165, 1.54) is 11.1 Å². The highest BCUT2D eigenvalue weighted by Crippen LogP contribution is 2.31. The van der Waals surface area contributed by atoms with Gasteiger partial charge in [-0.2, -0.15) is 0 Å². The maximum Gasteiger partial charge on any atom is 0.227 e. The van der Waals surface area contributed by atoms with E-state index in [-0.39, 0.29) is 5.91 Å². The number of rotatable bonds is 3. The number of aryl methyl sites for hydroxylation is 2. The maximum atomic E-state index is 12.5. The molecule has 0 atom stereocenters. The topological polar surface area (TPSA) is 23.6 Å². The minimum absolute atomic E-state index is 0.201. The Hall–Kier alpha value is -2.00. The average molecular weight is 343 g/mol. The predicted octanol–water partition coefficient (Wildman–Crippen LogP) is 3.85. The molecule has 1 saturated heterocycles. The first-order valence-corrected chi connectivity index (χ1v) is 8.76. The van der Waals surface area contributed by atoms with Crippen molar-refractivity contribution in [1.29, 1.82) is 0 Å². The SMILES string of the molecule is Cc1cc(C)c(N2CCN(C(=O)Cc3ccccc3)CC2)c(Cl)c1. The van der Waals surface area contributed by atoms with Crippen LogP contribution in [0.4, 0.5) is 5.69 Å². The summed E-state index contributed by atoms with van der Waals surface area (Å²) in [7, 11) is 0. The van der Waals surface area contributed by atoms with Gasteiger partial charge in [0.05, 0.1) is 17.1 Å². The van der Waals surface area contributed by atoms with Crippen LogP contribution in [0.25, 0.3) is 0 Å². The molecule has 1 heterocycles. The normalized spacial score (nSPS) is 14.8. The summed E-state index contributed by atoms with van der Waals surface area (Å²) in [5, 5.41) is 0.802. The fourth-order valence-electron chi connectivity index (χ4n) is 3.37. The molecule has 1 amide bonds. The van der Waals surface area contributed by atoms with E-state index in [2.05, 4.69) is 24.8 Å². The Kier molecular flexibility index (Phi) is 5.10. The third kappa shape index (κ3) is 3.73. The average Bonchev–Trinajstić information content (AvgIpc) is 2.55. The molecule has 3 rings (SSSR count). The number of benzene rings is 2. The number of nitrogens with zero attached hydrogens (tertiary/aromatic N) is 2. The zero-order valence-corrected chi connectivity index (χ0v) is 15.0. The summed E-state index contributed by atoms with van der Waals surface area (Å²) in [5.41, 5.74) is 4.56. The Morgan fingerprint density at radius 2 is 1.71 bits per heavy atom. The minimum Gasteiger partial charge on any atom is -0.367 e. The Balaban J connectivity index is 1.63. The van der Waals surface area contributed by atoms with Gasteiger partial charge in [0.2, 0.25) is 5.91 Å². The molecular formula is C20H23ClN2O. The van der Waals surface area contributed by atoms with E-state index in [4.69, 9.17) is 11.6 Å². The zero-order chi connectivity index (χ0) is 17.1. The Morgan fingerprint density at radius 3 is 2.33 bits per heavy atom. The van der Waals surface area contributed by atoms with Crippen molar-refractivity contribution < 1.29 is 4.79 Å². The Labute approximate surface area is 148 Å². The van der Waals surface area contributed by atoms with E-state index in [0.717, 1.165) is 42.5 Å². The molecule has 0 N–H and O–H groups in total. The molecule has 0 radical (unpaired) electrons. The van der Waals surface area contributed by atoms with Gasteiger partial charge in [-0.25, -0.2) is 0 Å². The van der Waals surface area contributed by atoms with Gasteiger partial charge < -0.3 is 9.80 Å². The van der Waals surface area contributed by atoms with Gasteiger partial charge in [0.1, 0.15) is 0 Å². The van der Waals surface area contributed by atoms with Crippen molar-refractivity contribution in [3.05, 3.63) is 64.2 Å². The Morgan fingerprint density at radius 1 is 1.04 bits per heavy atom. The van der Waals surface area contributed by atoms with Crippen LogP contribution in [0, 0.1) is 13.8 Å². The van der Waals surface area contributed by atoms with Crippen LogP contribution in [0.2, 0.25) is 5.02 Å². The zero-order valence-electron chi connectivity index (χ0n) is 14.3. The lowest BCUT2D eigenvalue weighted by atomic mass is 10.1. The van der Waals surface area contributed by atoms with E-state index in [0.29, 0.717) is 6.42 Å². The molecule has 0 aliphatic carbocycles. The van der Waals surface area contributed by atoms with Crippen molar-refractivity contribution in [3.63, 3.8) is 0 Å². The molecule has 0 aromatic heterocycles. The largest absolute Gasteiger partial charge is 0.367 e. The lowest BCUT2D eigenvalue weighted by molar-refractivity contribution is -0.130. The monoisotopic (exact) mass is 342 g/mol. The van der Waals surface area contributed by atoms with Gasteiger partial charge in [0.25, 0.3) is 0 Å². The van der Waals surface area contributed by atoms with Crippen molar-refractivity contribution >= 4 is 23.2 Å². The van der Waals surface area contributed by atoms with Crippen LogP contribution in [0.5, 0.6) is 0 Å². The standard InChI is InChI=1S/C20H23ClN2O/c1-15-12-16(2)20(18(21)13-15)23-10-8-22(9-11-23)19(24)14-17-6-4-3-5-7-17/h3-7,12-13H,8-11,14H2,1-2H3. The third-order valence-corrected chi connectivity index (χ3v) is 4.83. The molecule has 2 aromatic carbocycles. The predicted molar refractivity (Wildman–Crippen MR) is 99.9 cm³/mol. The fourth-order valence-corrected chi connectivity index (χ4v) is 3.81. The molecule has 2 aromatic rings. The molecule has 0 unspecified atom stereocenters. The number of amides is 1. The van der Waals surface area contributed by atoms with E-state index in [9.17, 15) is 4.79 Å². The van der Waals surface area contributed by atoms with Gasteiger partial charge in [0, 0.05) is 26.2 Å². The van der Waals surface area contributed by atoms with Gasteiger partial charge in [-0.15, -0.1) is 0 Å². The summed E-state index contributed by atoms with van der Waals surface area (Å²) in [6.07, 6.45) is 0.477. The first kappa shape index (κ1) is 16.8. The van der Waals surface area contributed by atoms with Gasteiger partial charge in [-0.3, -0.25) is 4.79 Å². The summed E-state index contributed by atoms with van der Waals surface area (Å²) < 4.78 is 0. The number of carbonyl (C=O) groups excluding carboxylic acids is 1. The van der Waals surface area contributed by atoms with Crippen LogP contribution in [0.15, 0.2) is 42.5 Å². The van der Waals surface area contributed by atoms with E-state index in [1.54, 1.807) is 0 Å². The lowest BCUT2D eigenvalue weighted by Gasteiger charge is -2.37. The maximum absolute atomic E-state index is 12.5. The molecule has 1 aliphatic heterocycles. The summed E-state index contributed by atoms with van der Waals surface area (Å²) >= 11 is 6.45. The van der Waals surface area contributed by atoms with E-state index >= 15 is 0 Å². The van der Waals surface area contributed by atoms with Crippen molar-refractivity contribution in [2.45, 2.75) is 20.3 Å². The molecule has 1 fully saturated rings. The van der Waals surface area contributed by atoms with Crippen LogP contribution < -0.4 is 4.90 Å². The van der Waals surface area contributed by atoms with Gasteiger partial charge in [-0.05, 0) is 36.6 Å².